The van der Waals surface area contributed by atoms with Crippen molar-refractivity contribution in [3.63, 3.8) is 0 Å². The van der Waals surface area contributed by atoms with E-state index < -0.39 is 0 Å². The molecule has 2 rings (SSSR count). The van der Waals surface area contributed by atoms with Gasteiger partial charge in [-0.25, -0.2) is 18.2 Å². The van der Waals surface area contributed by atoms with Crippen LogP contribution in [0.4, 0.5) is 0 Å². The fraction of sp³-hybridized carbons (Fsp3) is 0.182. The van der Waals surface area contributed by atoms with E-state index >= 15 is 0 Å². The number of aromatic nitrogens is 1. The number of aryl methyl sites for hydroxylation is 2. The third kappa shape index (κ3) is 2.33. The average molecular weight is 355 g/mol. The summed E-state index contributed by atoms with van der Waals surface area (Å²) < 4.78 is 5.05. The van der Waals surface area contributed by atoms with Crippen molar-refractivity contribution in [1.82, 2.24) is 5.16 Å². The number of nitrogens with zero attached hydrogens (tertiary/aromatic N) is 1. The normalized spacial score (nSPS) is 9.57. The molecule has 1 heterocycles. The molecule has 0 atom stereocenters. The topological polar surface area (TPSA) is 26.0 Å². The second kappa shape index (κ2) is 4.56. The molecule has 0 radical (unpaired) electrons. The molecule has 3 heteroatoms. The van der Waals surface area contributed by atoms with Crippen LogP contribution >= 0.6 is 0 Å². The van der Waals surface area contributed by atoms with E-state index in [1.165, 1.54) is 5.56 Å². The first-order chi connectivity index (χ1) is 6.25. The van der Waals surface area contributed by atoms with E-state index in [1.54, 1.807) is 0 Å². The molecule has 0 aliphatic heterocycles. The summed E-state index contributed by atoms with van der Waals surface area (Å²) in [7, 11) is 0. The van der Waals surface area contributed by atoms with Gasteiger partial charge >= 0.3 is 21.1 Å². The van der Waals surface area contributed by atoms with Crippen molar-refractivity contribution in [3.8, 4) is 11.3 Å². The summed E-state index contributed by atoms with van der Waals surface area (Å²) in [5, 5.41) is 3.76. The smallest absolute Gasteiger partial charge is 0.443 e. The predicted molar refractivity (Wildman–Crippen MR) is 49.1 cm³/mol. The molecular formula is C11H9NOW. The van der Waals surface area contributed by atoms with Crippen LogP contribution in [0.3, 0.4) is 0 Å². The second-order valence-corrected chi connectivity index (χ2v) is 3.00. The van der Waals surface area contributed by atoms with Gasteiger partial charge in [0.25, 0.3) is 0 Å². The molecule has 0 spiro atoms. The van der Waals surface area contributed by atoms with Crippen molar-refractivity contribution in [2.75, 3.05) is 0 Å². The summed E-state index contributed by atoms with van der Waals surface area (Å²) in [6, 6.07) is 12.0. The van der Waals surface area contributed by atoms with Gasteiger partial charge in [0.15, 0.2) is 0 Å². The van der Waals surface area contributed by atoms with E-state index in [0.717, 1.165) is 11.3 Å². The van der Waals surface area contributed by atoms with Gasteiger partial charge in [-0.2, -0.15) is 12.1 Å². The van der Waals surface area contributed by atoms with Crippen molar-refractivity contribution in [1.29, 1.82) is 0 Å². The van der Waals surface area contributed by atoms with Crippen molar-refractivity contribution in [2.45, 2.75) is 13.8 Å². The molecule has 0 aliphatic rings. The van der Waals surface area contributed by atoms with Gasteiger partial charge in [0, 0.05) is 0 Å². The Hall–Kier alpha value is -0.882. The number of benzene rings is 1. The van der Waals surface area contributed by atoms with Gasteiger partial charge in [0.1, 0.15) is 0 Å². The Bertz CT molecular complexity index is 405. The zero-order chi connectivity index (χ0) is 9.26. The summed E-state index contributed by atoms with van der Waals surface area (Å²) in [4.78, 5) is 0. The van der Waals surface area contributed by atoms with Crippen molar-refractivity contribution < 1.29 is 25.6 Å². The molecule has 0 unspecified atom stereocenters. The van der Waals surface area contributed by atoms with Crippen molar-refractivity contribution >= 4 is 0 Å². The Kier molecular flexibility index (Phi) is 3.65. The molecule has 0 saturated carbocycles. The SMILES string of the molecule is Cc1c[c-]c(-c2[c-]c(C)no2)cc1.[W+2]. The first-order valence-corrected chi connectivity index (χ1v) is 4.10. The van der Waals surface area contributed by atoms with Gasteiger partial charge in [-0.15, -0.1) is 10.7 Å². The van der Waals surface area contributed by atoms with E-state index in [4.69, 9.17) is 4.52 Å². The molecule has 1 aromatic carbocycles. The van der Waals surface area contributed by atoms with Crippen LogP contribution in [0.15, 0.2) is 22.7 Å². The van der Waals surface area contributed by atoms with Gasteiger partial charge < -0.3 is 4.52 Å². The van der Waals surface area contributed by atoms with Crippen LogP contribution < -0.4 is 0 Å². The zero-order valence-electron chi connectivity index (χ0n) is 8.00. The zero-order valence-corrected chi connectivity index (χ0v) is 10.9. The van der Waals surface area contributed by atoms with Gasteiger partial charge in [-0.1, -0.05) is 12.7 Å². The third-order valence-electron chi connectivity index (χ3n) is 1.78. The Labute approximate surface area is 97.6 Å². The van der Waals surface area contributed by atoms with Crippen molar-refractivity contribution in [2.24, 2.45) is 0 Å². The molecule has 1 aromatic heterocycles. The minimum atomic E-state index is 0. The quantitative estimate of drug-likeness (QED) is 0.735. The summed E-state index contributed by atoms with van der Waals surface area (Å²) in [5.41, 5.74) is 2.84. The first-order valence-electron chi connectivity index (χ1n) is 4.10. The van der Waals surface area contributed by atoms with Crippen LogP contribution in [0.2, 0.25) is 0 Å². The maximum Gasteiger partial charge on any atom is 2.00 e. The number of rotatable bonds is 1. The monoisotopic (exact) mass is 355 g/mol. The number of hydrogen-bond donors (Lipinski definition) is 0. The summed E-state index contributed by atoms with van der Waals surface area (Å²) in [6.45, 7) is 3.87. The van der Waals surface area contributed by atoms with Crippen LogP contribution in [0.25, 0.3) is 11.3 Å². The molecular weight excluding hydrogens is 346 g/mol. The first kappa shape index (κ1) is 11.2. The van der Waals surface area contributed by atoms with E-state index in [-0.39, 0.29) is 21.1 Å². The molecule has 70 valence electrons. The van der Waals surface area contributed by atoms with E-state index in [2.05, 4.69) is 17.3 Å². The minimum Gasteiger partial charge on any atom is -0.443 e. The molecule has 0 N–H and O–H groups in total. The molecule has 0 aliphatic carbocycles. The van der Waals surface area contributed by atoms with Gasteiger partial charge in [0.05, 0.1) is 0 Å². The van der Waals surface area contributed by atoms with Crippen LogP contribution in [0, 0.1) is 26.0 Å². The molecule has 14 heavy (non-hydrogen) atoms. The summed E-state index contributed by atoms with van der Waals surface area (Å²) >= 11 is 0. The predicted octanol–water partition coefficient (Wildman–Crippen LogP) is 2.56. The van der Waals surface area contributed by atoms with E-state index in [9.17, 15) is 0 Å². The molecule has 2 aromatic rings. The molecule has 2 nitrogen and oxygen atoms in total. The Morgan fingerprint density at radius 3 is 2.57 bits per heavy atom. The maximum atomic E-state index is 5.05. The molecule has 0 saturated heterocycles. The fourth-order valence-electron chi connectivity index (χ4n) is 1.08. The van der Waals surface area contributed by atoms with Crippen LogP contribution in [0.5, 0.6) is 0 Å². The van der Waals surface area contributed by atoms with Crippen LogP contribution in [-0.4, -0.2) is 5.16 Å². The Morgan fingerprint density at radius 1 is 1.29 bits per heavy atom. The van der Waals surface area contributed by atoms with Crippen molar-refractivity contribution in [3.05, 3.63) is 41.6 Å². The maximum absolute atomic E-state index is 5.05. The van der Waals surface area contributed by atoms with E-state index in [0.29, 0.717) is 5.76 Å². The Balaban J connectivity index is 0.000000980. The van der Waals surface area contributed by atoms with Gasteiger partial charge in [-0.05, 0) is 12.6 Å². The summed E-state index contributed by atoms with van der Waals surface area (Å²) in [6.07, 6.45) is 0. The minimum absolute atomic E-state index is 0. The summed E-state index contributed by atoms with van der Waals surface area (Å²) in [5.74, 6) is 0.650. The van der Waals surface area contributed by atoms with E-state index in [1.807, 2.05) is 32.0 Å². The Morgan fingerprint density at radius 2 is 2.07 bits per heavy atom. The van der Waals surface area contributed by atoms with Gasteiger partial charge in [-0.3, -0.25) is 5.56 Å². The van der Waals surface area contributed by atoms with Crippen LogP contribution in [0.1, 0.15) is 11.3 Å². The average Bonchev–Trinajstić information content (AvgIpc) is 2.53. The third-order valence-corrected chi connectivity index (χ3v) is 1.78. The largest absolute Gasteiger partial charge is 2.00 e. The van der Waals surface area contributed by atoms with Gasteiger partial charge in [0.2, 0.25) is 0 Å². The molecule has 0 amide bonds. The number of hydrogen-bond acceptors (Lipinski definition) is 2. The standard InChI is InChI=1S/C11H9NO.W/c1-8-3-5-10(6-4-8)11-7-9(2)12-13-11;/h3-5H,1-2H3;/q-2;+2. The molecule has 0 bridgehead atoms. The van der Waals surface area contributed by atoms with Crippen LogP contribution in [-0.2, 0) is 21.1 Å². The second-order valence-electron chi connectivity index (χ2n) is 3.00. The fourth-order valence-corrected chi connectivity index (χ4v) is 1.08. The molecule has 0 fully saturated rings.